The number of aliphatic hydroxyl groups is 1. The topological polar surface area (TPSA) is 20.2 Å². The summed E-state index contributed by atoms with van der Waals surface area (Å²) in [4.78, 5) is 0. The van der Waals surface area contributed by atoms with Crippen LogP contribution in [0, 0.1) is 0 Å². The van der Waals surface area contributed by atoms with E-state index in [-0.39, 0.29) is 0 Å². The highest BCUT2D eigenvalue weighted by molar-refractivity contribution is 9.10. The van der Waals surface area contributed by atoms with E-state index >= 15 is 0 Å². The zero-order chi connectivity index (χ0) is 13.0. The molecule has 0 spiro atoms. The van der Waals surface area contributed by atoms with Gasteiger partial charge in [-0.05, 0) is 29.2 Å². The van der Waals surface area contributed by atoms with Crippen LogP contribution in [0.2, 0.25) is 0 Å². The predicted octanol–water partition coefficient (Wildman–Crippen LogP) is 4.29. The van der Waals surface area contributed by atoms with Gasteiger partial charge in [0.05, 0.1) is 6.10 Å². The molecular weight excluding hydrogens is 288 g/mol. The first-order valence-corrected chi connectivity index (χ1v) is 7.00. The lowest BCUT2D eigenvalue weighted by Gasteiger charge is -2.13. The lowest BCUT2D eigenvalue weighted by molar-refractivity contribution is 0.178. The number of aliphatic hydroxyl groups excluding tert-OH is 1. The zero-order valence-corrected chi connectivity index (χ0v) is 12.0. The maximum atomic E-state index is 10.3. The minimum Gasteiger partial charge on any atom is -0.388 e. The molecule has 1 nitrogen and oxygen atoms in total. The van der Waals surface area contributed by atoms with Gasteiger partial charge >= 0.3 is 0 Å². The summed E-state index contributed by atoms with van der Waals surface area (Å²) >= 11 is 3.51. The highest BCUT2D eigenvalue weighted by atomic mass is 79.9. The molecule has 2 heteroatoms. The molecule has 0 radical (unpaired) electrons. The Balaban J connectivity index is 2.16. The van der Waals surface area contributed by atoms with Crippen LogP contribution in [0.4, 0.5) is 0 Å². The quantitative estimate of drug-likeness (QED) is 0.893. The van der Waals surface area contributed by atoms with Gasteiger partial charge in [0.1, 0.15) is 0 Å². The van der Waals surface area contributed by atoms with E-state index in [1.165, 1.54) is 5.56 Å². The van der Waals surface area contributed by atoms with Crippen molar-refractivity contribution >= 4 is 15.9 Å². The van der Waals surface area contributed by atoms with E-state index in [9.17, 15) is 5.11 Å². The molecule has 18 heavy (non-hydrogen) atoms. The molecule has 1 unspecified atom stereocenters. The smallest absolute Gasteiger partial charge is 0.0830 e. The van der Waals surface area contributed by atoms with E-state index in [0.29, 0.717) is 6.42 Å². The standard InChI is InChI=1S/C16H17BrO/c1-2-12-6-5-8-14(10-12)16(18)11-13-7-3-4-9-15(13)17/h3-10,16,18H,2,11H2,1H3. The van der Waals surface area contributed by atoms with Gasteiger partial charge in [-0.2, -0.15) is 0 Å². The monoisotopic (exact) mass is 304 g/mol. The number of halogens is 1. The minimum atomic E-state index is -0.449. The van der Waals surface area contributed by atoms with Crippen LogP contribution in [-0.2, 0) is 12.8 Å². The van der Waals surface area contributed by atoms with Crippen molar-refractivity contribution < 1.29 is 5.11 Å². The van der Waals surface area contributed by atoms with Gasteiger partial charge in [-0.25, -0.2) is 0 Å². The third-order valence-electron chi connectivity index (χ3n) is 3.12. The largest absolute Gasteiger partial charge is 0.388 e. The maximum Gasteiger partial charge on any atom is 0.0830 e. The van der Waals surface area contributed by atoms with E-state index in [1.54, 1.807) is 0 Å². The summed E-state index contributed by atoms with van der Waals surface area (Å²) in [6, 6.07) is 16.2. The molecule has 0 saturated heterocycles. The molecule has 0 aliphatic rings. The summed E-state index contributed by atoms with van der Waals surface area (Å²) in [5.41, 5.74) is 3.38. The Hall–Kier alpha value is -1.12. The second-order valence-corrected chi connectivity index (χ2v) is 5.26. The van der Waals surface area contributed by atoms with Gasteiger partial charge in [0.2, 0.25) is 0 Å². The molecule has 0 aliphatic carbocycles. The maximum absolute atomic E-state index is 10.3. The summed E-state index contributed by atoms with van der Waals surface area (Å²) in [6.07, 6.45) is 1.18. The summed E-state index contributed by atoms with van der Waals surface area (Å²) in [5.74, 6) is 0. The van der Waals surface area contributed by atoms with Crippen LogP contribution >= 0.6 is 15.9 Å². The Labute approximate surface area is 117 Å². The molecule has 2 rings (SSSR count). The second kappa shape index (κ2) is 6.17. The number of rotatable bonds is 4. The van der Waals surface area contributed by atoms with Crippen LogP contribution in [0.1, 0.15) is 29.7 Å². The number of aryl methyl sites for hydroxylation is 1. The van der Waals surface area contributed by atoms with E-state index < -0.39 is 6.10 Å². The lowest BCUT2D eigenvalue weighted by atomic mass is 9.99. The molecular formula is C16H17BrO. The number of hydrogen-bond donors (Lipinski definition) is 1. The van der Waals surface area contributed by atoms with Crippen LogP contribution in [0.25, 0.3) is 0 Å². The summed E-state index contributed by atoms with van der Waals surface area (Å²) in [6.45, 7) is 2.12. The van der Waals surface area contributed by atoms with Crippen molar-refractivity contribution in [1.82, 2.24) is 0 Å². The van der Waals surface area contributed by atoms with E-state index in [1.807, 2.05) is 36.4 Å². The molecule has 0 saturated carbocycles. The van der Waals surface area contributed by atoms with E-state index in [2.05, 4.69) is 35.0 Å². The molecule has 1 N–H and O–H groups in total. The first-order valence-electron chi connectivity index (χ1n) is 6.21. The molecule has 0 bridgehead atoms. The summed E-state index contributed by atoms with van der Waals surface area (Å²) in [5, 5.41) is 10.3. The molecule has 2 aromatic carbocycles. The Morgan fingerprint density at radius 1 is 1.11 bits per heavy atom. The van der Waals surface area contributed by atoms with Crippen molar-refractivity contribution in [3.8, 4) is 0 Å². The van der Waals surface area contributed by atoms with Gasteiger partial charge in [-0.3, -0.25) is 0 Å². The second-order valence-electron chi connectivity index (χ2n) is 4.41. The molecule has 2 aromatic rings. The highest BCUT2D eigenvalue weighted by Gasteiger charge is 2.10. The average Bonchev–Trinajstić information content (AvgIpc) is 2.41. The fraction of sp³-hybridized carbons (Fsp3) is 0.250. The first kappa shape index (κ1) is 13.3. The van der Waals surface area contributed by atoms with Crippen molar-refractivity contribution in [3.05, 3.63) is 69.7 Å². The Bertz CT molecular complexity index is 522. The average molecular weight is 305 g/mol. The van der Waals surface area contributed by atoms with Gasteiger partial charge in [0, 0.05) is 10.9 Å². The van der Waals surface area contributed by atoms with Crippen LogP contribution in [0.3, 0.4) is 0 Å². The van der Waals surface area contributed by atoms with E-state index in [0.717, 1.165) is 22.0 Å². The van der Waals surface area contributed by atoms with Gasteiger partial charge in [0.15, 0.2) is 0 Å². The number of hydrogen-bond acceptors (Lipinski definition) is 1. The van der Waals surface area contributed by atoms with E-state index in [4.69, 9.17) is 0 Å². The van der Waals surface area contributed by atoms with Gasteiger partial charge in [-0.15, -0.1) is 0 Å². The van der Waals surface area contributed by atoms with Crippen molar-refractivity contribution in [2.45, 2.75) is 25.9 Å². The first-order chi connectivity index (χ1) is 8.70. The molecule has 1 atom stereocenters. The van der Waals surface area contributed by atoms with Crippen molar-refractivity contribution in [2.24, 2.45) is 0 Å². The number of benzene rings is 2. The third-order valence-corrected chi connectivity index (χ3v) is 3.89. The normalized spacial score (nSPS) is 12.4. The Morgan fingerprint density at radius 3 is 2.61 bits per heavy atom. The van der Waals surface area contributed by atoms with Crippen molar-refractivity contribution in [1.29, 1.82) is 0 Å². The summed E-state index contributed by atoms with van der Waals surface area (Å²) in [7, 11) is 0. The molecule has 0 aromatic heterocycles. The zero-order valence-electron chi connectivity index (χ0n) is 10.4. The summed E-state index contributed by atoms with van der Waals surface area (Å²) < 4.78 is 1.05. The molecule has 0 aliphatic heterocycles. The molecule has 0 amide bonds. The van der Waals surface area contributed by atoms with Crippen molar-refractivity contribution in [3.63, 3.8) is 0 Å². The van der Waals surface area contributed by atoms with Crippen LogP contribution < -0.4 is 0 Å². The van der Waals surface area contributed by atoms with Crippen LogP contribution in [-0.4, -0.2) is 5.11 Å². The van der Waals surface area contributed by atoms with Gasteiger partial charge in [0.25, 0.3) is 0 Å². The SMILES string of the molecule is CCc1cccc(C(O)Cc2ccccc2Br)c1. The lowest BCUT2D eigenvalue weighted by Crippen LogP contribution is -2.02. The molecule has 94 valence electrons. The third kappa shape index (κ3) is 3.21. The molecule has 0 heterocycles. The molecule has 0 fully saturated rings. The fourth-order valence-corrected chi connectivity index (χ4v) is 2.46. The van der Waals surface area contributed by atoms with Crippen LogP contribution in [0.5, 0.6) is 0 Å². The highest BCUT2D eigenvalue weighted by Crippen LogP contribution is 2.24. The van der Waals surface area contributed by atoms with Gasteiger partial charge < -0.3 is 5.11 Å². The minimum absolute atomic E-state index is 0.449. The Morgan fingerprint density at radius 2 is 1.89 bits per heavy atom. The fourth-order valence-electron chi connectivity index (χ4n) is 2.01. The Kier molecular flexibility index (Phi) is 4.56. The van der Waals surface area contributed by atoms with Crippen LogP contribution in [0.15, 0.2) is 53.0 Å². The predicted molar refractivity (Wildman–Crippen MR) is 78.6 cm³/mol. The van der Waals surface area contributed by atoms with Gasteiger partial charge in [-0.1, -0.05) is 65.3 Å². The van der Waals surface area contributed by atoms with Crippen molar-refractivity contribution in [2.75, 3.05) is 0 Å².